The maximum absolute atomic E-state index is 5.82. The molecule has 0 amide bonds. The minimum atomic E-state index is 0.323. The highest BCUT2D eigenvalue weighted by molar-refractivity contribution is 5.37. The van der Waals surface area contributed by atoms with E-state index in [1.807, 2.05) is 0 Å². The first-order valence-electron chi connectivity index (χ1n) is 17.3. The standard InChI is InChI=1S/C37H52O8/c1(9-38-20-34-24-42-34)5-28-13-29(6-2-10-39-21-35-25-43-35)16-32(15-28)19-33-17-30(7-3-11-40-22-36-26-44-36)14-31(18-33)8-4-12-41-23-37-27-45-37/h13-18,34-37H,1-12,19-27H2. The van der Waals surface area contributed by atoms with Crippen molar-refractivity contribution in [2.75, 3.05) is 79.3 Å². The van der Waals surface area contributed by atoms with E-state index in [9.17, 15) is 0 Å². The number of epoxide rings is 4. The number of aryl methyl sites for hydroxylation is 4. The first kappa shape index (κ1) is 33.0. The second-order valence-electron chi connectivity index (χ2n) is 13.0. The third-order valence-corrected chi connectivity index (χ3v) is 8.47. The van der Waals surface area contributed by atoms with Crippen molar-refractivity contribution in [3.05, 3.63) is 69.8 Å². The van der Waals surface area contributed by atoms with E-state index >= 15 is 0 Å². The summed E-state index contributed by atoms with van der Waals surface area (Å²) in [5.41, 5.74) is 8.34. The highest BCUT2D eigenvalue weighted by Gasteiger charge is 2.24. The molecule has 4 atom stereocenters. The predicted molar refractivity (Wildman–Crippen MR) is 171 cm³/mol. The molecular weight excluding hydrogens is 572 g/mol. The number of ether oxygens (including phenoxy) is 8. The van der Waals surface area contributed by atoms with Crippen LogP contribution in [0, 0.1) is 0 Å². The second kappa shape index (κ2) is 17.9. The lowest BCUT2D eigenvalue weighted by Crippen LogP contribution is -2.06. The fourth-order valence-corrected chi connectivity index (χ4v) is 5.73. The SMILES string of the molecule is c1c(CCCOCC2CO2)cc(Cc2cc(CCCOCC3CO3)cc(CCCOCC3CO3)c2)cc1CCCOCC1CO1. The zero-order chi connectivity index (χ0) is 30.5. The molecule has 2 aromatic carbocycles. The molecule has 6 rings (SSSR count). The van der Waals surface area contributed by atoms with Gasteiger partial charge in [-0.15, -0.1) is 0 Å². The van der Waals surface area contributed by atoms with Gasteiger partial charge in [0.25, 0.3) is 0 Å². The monoisotopic (exact) mass is 624 g/mol. The van der Waals surface area contributed by atoms with E-state index in [4.69, 9.17) is 37.9 Å². The Kier molecular flexibility index (Phi) is 13.1. The van der Waals surface area contributed by atoms with Gasteiger partial charge in [0.15, 0.2) is 0 Å². The Morgan fingerprint density at radius 3 is 0.889 bits per heavy atom. The summed E-state index contributed by atoms with van der Waals surface area (Å²) in [5, 5.41) is 0. The molecule has 0 spiro atoms. The van der Waals surface area contributed by atoms with Crippen LogP contribution in [0.1, 0.15) is 59.1 Å². The minimum absolute atomic E-state index is 0.323. The molecular formula is C37H52O8. The van der Waals surface area contributed by atoms with Crippen LogP contribution in [-0.2, 0) is 70.0 Å². The zero-order valence-electron chi connectivity index (χ0n) is 26.9. The topological polar surface area (TPSA) is 87.0 Å². The van der Waals surface area contributed by atoms with Crippen molar-refractivity contribution in [2.45, 2.75) is 82.2 Å². The van der Waals surface area contributed by atoms with Crippen molar-refractivity contribution < 1.29 is 37.9 Å². The lowest BCUT2D eigenvalue weighted by Gasteiger charge is -2.14. The van der Waals surface area contributed by atoms with Gasteiger partial charge >= 0.3 is 0 Å². The first-order chi connectivity index (χ1) is 22.2. The van der Waals surface area contributed by atoms with E-state index in [0.717, 1.165) is 137 Å². The molecule has 0 aliphatic carbocycles. The Bertz CT molecular complexity index is 985. The average molecular weight is 625 g/mol. The minimum Gasteiger partial charge on any atom is -0.379 e. The molecule has 8 nitrogen and oxygen atoms in total. The third-order valence-electron chi connectivity index (χ3n) is 8.47. The average Bonchev–Trinajstić information content (AvgIpc) is 3.85. The molecule has 4 aliphatic rings. The molecule has 0 bridgehead atoms. The van der Waals surface area contributed by atoms with Crippen LogP contribution in [0.5, 0.6) is 0 Å². The molecule has 45 heavy (non-hydrogen) atoms. The van der Waals surface area contributed by atoms with E-state index in [-0.39, 0.29) is 0 Å². The summed E-state index contributed by atoms with van der Waals surface area (Å²) in [6, 6.07) is 14.4. The lowest BCUT2D eigenvalue weighted by molar-refractivity contribution is 0.114. The largest absolute Gasteiger partial charge is 0.379 e. The van der Waals surface area contributed by atoms with Crippen molar-refractivity contribution in [1.29, 1.82) is 0 Å². The van der Waals surface area contributed by atoms with Gasteiger partial charge in [-0.05, 0) is 91.2 Å². The maximum Gasteiger partial charge on any atom is 0.104 e. The molecule has 8 heteroatoms. The molecule has 4 fully saturated rings. The number of benzene rings is 2. The van der Waals surface area contributed by atoms with Gasteiger partial charge in [0, 0.05) is 26.4 Å². The fraction of sp³-hybridized carbons (Fsp3) is 0.676. The molecule has 0 N–H and O–H groups in total. The summed E-state index contributed by atoms with van der Waals surface area (Å²) in [4.78, 5) is 0. The van der Waals surface area contributed by atoms with Gasteiger partial charge < -0.3 is 37.9 Å². The van der Waals surface area contributed by atoms with E-state index < -0.39 is 0 Å². The van der Waals surface area contributed by atoms with E-state index in [1.165, 1.54) is 33.4 Å². The first-order valence-corrected chi connectivity index (χ1v) is 17.3. The van der Waals surface area contributed by atoms with Crippen LogP contribution in [0.25, 0.3) is 0 Å². The van der Waals surface area contributed by atoms with Gasteiger partial charge in [-0.2, -0.15) is 0 Å². The summed E-state index contributed by atoms with van der Waals surface area (Å²) in [5.74, 6) is 0. The summed E-state index contributed by atoms with van der Waals surface area (Å²) in [6.07, 6.45) is 10.4. The molecule has 4 heterocycles. The normalized spacial score (nSPS) is 22.9. The molecule has 4 saturated heterocycles. The van der Waals surface area contributed by atoms with Crippen LogP contribution in [0.3, 0.4) is 0 Å². The smallest absolute Gasteiger partial charge is 0.104 e. The van der Waals surface area contributed by atoms with Crippen LogP contribution >= 0.6 is 0 Å². The fourth-order valence-electron chi connectivity index (χ4n) is 5.73. The van der Waals surface area contributed by atoms with Crippen molar-refractivity contribution in [3.8, 4) is 0 Å². The van der Waals surface area contributed by atoms with Crippen molar-refractivity contribution in [3.63, 3.8) is 0 Å². The summed E-state index contributed by atoms with van der Waals surface area (Å²) >= 11 is 0. The van der Waals surface area contributed by atoms with E-state index in [2.05, 4.69) is 36.4 Å². The number of rotatable bonds is 26. The molecule has 248 valence electrons. The molecule has 2 aromatic rings. The second-order valence-corrected chi connectivity index (χ2v) is 13.0. The number of hydrogen-bond donors (Lipinski definition) is 0. The van der Waals surface area contributed by atoms with Gasteiger partial charge in [0.2, 0.25) is 0 Å². The lowest BCUT2D eigenvalue weighted by atomic mass is 9.93. The molecule has 4 unspecified atom stereocenters. The van der Waals surface area contributed by atoms with Crippen LogP contribution in [0.4, 0.5) is 0 Å². The van der Waals surface area contributed by atoms with Gasteiger partial charge in [0.1, 0.15) is 24.4 Å². The highest BCUT2D eigenvalue weighted by atomic mass is 16.6. The Morgan fingerprint density at radius 1 is 0.400 bits per heavy atom. The Labute approximate surface area is 268 Å². The molecule has 0 aromatic heterocycles. The van der Waals surface area contributed by atoms with Crippen molar-refractivity contribution >= 4 is 0 Å². The number of hydrogen-bond acceptors (Lipinski definition) is 8. The highest BCUT2D eigenvalue weighted by Crippen LogP contribution is 2.22. The Morgan fingerprint density at radius 2 is 0.644 bits per heavy atom. The van der Waals surface area contributed by atoms with Gasteiger partial charge in [0.05, 0.1) is 52.9 Å². The van der Waals surface area contributed by atoms with Gasteiger partial charge in [-0.1, -0.05) is 36.4 Å². The Hall–Kier alpha value is -1.88. The quantitative estimate of drug-likeness (QED) is 0.110. The van der Waals surface area contributed by atoms with Crippen LogP contribution in [0.2, 0.25) is 0 Å². The third kappa shape index (κ3) is 13.8. The van der Waals surface area contributed by atoms with Crippen LogP contribution in [0.15, 0.2) is 36.4 Å². The van der Waals surface area contributed by atoms with E-state index in [1.54, 1.807) is 0 Å². The molecule has 0 saturated carbocycles. The van der Waals surface area contributed by atoms with Crippen LogP contribution in [-0.4, -0.2) is 104 Å². The van der Waals surface area contributed by atoms with Crippen LogP contribution < -0.4 is 0 Å². The maximum atomic E-state index is 5.82. The Balaban J connectivity index is 1.06. The van der Waals surface area contributed by atoms with Crippen molar-refractivity contribution in [1.82, 2.24) is 0 Å². The van der Waals surface area contributed by atoms with E-state index in [0.29, 0.717) is 24.4 Å². The van der Waals surface area contributed by atoms with Gasteiger partial charge in [-0.25, -0.2) is 0 Å². The summed E-state index contributed by atoms with van der Waals surface area (Å²) < 4.78 is 44.4. The van der Waals surface area contributed by atoms with Crippen molar-refractivity contribution in [2.24, 2.45) is 0 Å². The summed E-state index contributed by atoms with van der Waals surface area (Å²) in [7, 11) is 0. The predicted octanol–water partition coefficient (Wildman–Crippen LogP) is 4.67. The molecule has 4 aliphatic heterocycles. The zero-order valence-corrected chi connectivity index (χ0v) is 26.9. The summed E-state index contributed by atoms with van der Waals surface area (Å²) in [6.45, 7) is 9.36. The molecule has 0 radical (unpaired) electrons. The van der Waals surface area contributed by atoms with Gasteiger partial charge in [-0.3, -0.25) is 0 Å².